The van der Waals surface area contributed by atoms with Gasteiger partial charge < -0.3 is 21.3 Å². The normalized spacial score (nSPS) is 10.9. The first-order valence-electron chi connectivity index (χ1n) is 10.7. The van der Waals surface area contributed by atoms with Gasteiger partial charge in [0.15, 0.2) is 0 Å². The number of benzene rings is 3. The number of nitrogens with one attached hydrogen (secondary N) is 4. The Morgan fingerprint density at radius 3 is 2.06 bits per heavy atom. The Balaban J connectivity index is 1.56. The van der Waals surface area contributed by atoms with Crippen LogP contribution in [0.15, 0.2) is 72.8 Å². The molecule has 10 heteroatoms. The van der Waals surface area contributed by atoms with Crippen LogP contribution in [0.4, 0.5) is 30.2 Å². The van der Waals surface area contributed by atoms with Crippen molar-refractivity contribution in [1.29, 1.82) is 0 Å². The molecule has 0 bridgehead atoms. The minimum Gasteiger partial charge on any atom is -0.376 e. The second-order valence-corrected chi connectivity index (χ2v) is 7.45. The minimum atomic E-state index is -4.52. The maximum absolute atomic E-state index is 12.9. The van der Waals surface area contributed by atoms with E-state index in [9.17, 15) is 27.6 Å². The molecule has 182 valence electrons. The first-order valence-corrected chi connectivity index (χ1v) is 10.7. The third kappa shape index (κ3) is 7.32. The van der Waals surface area contributed by atoms with Gasteiger partial charge in [0.1, 0.15) is 0 Å². The lowest BCUT2D eigenvalue weighted by atomic mass is 10.1. The highest BCUT2D eigenvalue weighted by Gasteiger charge is 2.30. The number of anilines is 3. The van der Waals surface area contributed by atoms with Gasteiger partial charge in [-0.3, -0.25) is 14.4 Å². The van der Waals surface area contributed by atoms with Crippen LogP contribution in [0.3, 0.4) is 0 Å². The van der Waals surface area contributed by atoms with E-state index in [4.69, 9.17) is 0 Å². The van der Waals surface area contributed by atoms with E-state index in [1.807, 2.05) is 6.92 Å². The fourth-order valence-electron chi connectivity index (χ4n) is 3.10. The maximum atomic E-state index is 12.9. The number of carbonyl (C=O) groups is 3. The Bertz CT molecular complexity index is 1210. The van der Waals surface area contributed by atoms with Crippen molar-refractivity contribution < 1.29 is 27.6 Å². The quantitative estimate of drug-likeness (QED) is 0.371. The summed E-state index contributed by atoms with van der Waals surface area (Å²) in [7, 11) is 0. The first-order chi connectivity index (χ1) is 16.7. The number of rotatable bonds is 8. The molecule has 35 heavy (non-hydrogen) atoms. The fourth-order valence-corrected chi connectivity index (χ4v) is 3.10. The van der Waals surface area contributed by atoms with Crippen LogP contribution in [-0.2, 0) is 11.0 Å². The Hall–Kier alpha value is -4.34. The number of carbonyl (C=O) groups excluding carboxylic acids is 3. The molecule has 0 aliphatic rings. The van der Waals surface area contributed by atoms with Crippen LogP contribution < -0.4 is 21.3 Å². The average Bonchev–Trinajstić information content (AvgIpc) is 2.83. The third-order valence-electron chi connectivity index (χ3n) is 4.79. The molecule has 0 aliphatic heterocycles. The molecule has 0 aromatic heterocycles. The summed E-state index contributed by atoms with van der Waals surface area (Å²) in [5.41, 5.74) is 0.781. The predicted molar refractivity (Wildman–Crippen MR) is 127 cm³/mol. The molecule has 0 heterocycles. The molecule has 3 amide bonds. The van der Waals surface area contributed by atoms with Crippen molar-refractivity contribution in [1.82, 2.24) is 5.32 Å². The number of hydrogen-bond donors (Lipinski definition) is 4. The molecule has 0 saturated heterocycles. The van der Waals surface area contributed by atoms with E-state index in [2.05, 4.69) is 21.3 Å². The van der Waals surface area contributed by atoms with Crippen LogP contribution in [0.25, 0.3) is 0 Å². The molecule has 3 aromatic carbocycles. The number of halogens is 3. The molecule has 7 nitrogen and oxygen atoms in total. The van der Waals surface area contributed by atoms with Crippen molar-refractivity contribution in [3.05, 3.63) is 89.5 Å². The Kier molecular flexibility index (Phi) is 8.08. The van der Waals surface area contributed by atoms with E-state index in [1.54, 1.807) is 36.4 Å². The Morgan fingerprint density at radius 2 is 1.40 bits per heavy atom. The fraction of sp³-hybridized carbons (Fsp3) is 0.160. The topological polar surface area (TPSA) is 99.3 Å². The van der Waals surface area contributed by atoms with Gasteiger partial charge in [0, 0.05) is 34.7 Å². The number of alkyl halides is 3. The maximum Gasteiger partial charge on any atom is 0.416 e. The molecular formula is C25H23F3N4O3. The molecular weight excluding hydrogens is 461 g/mol. The standard InChI is InChI=1S/C25H23F3N4O3/c1-2-29-23(34)16-9-11-19(12-10-16)30-15-22(33)31-20-7-3-5-17(13-20)24(35)32-21-8-4-6-18(14-21)25(26,27)28/h3-14,30H,2,15H2,1H3,(H,29,34)(H,31,33)(H,32,35). The Labute approximate surface area is 199 Å². The zero-order chi connectivity index (χ0) is 25.4. The molecule has 0 unspecified atom stereocenters. The third-order valence-corrected chi connectivity index (χ3v) is 4.79. The van der Waals surface area contributed by atoms with E-state index < -0.39 is 17.6 Å². The zero-order valence-electron chi connectivity index (χ0n) is 18.7. The summed E-state index contributed by atoms with van der Waals surface area (Å²) < 4.78 is 38.6. The van der Waals surface area contributed by atoms with E-state index in [0.29, 0.717) is 23.5 Å². The summed E-state index contributed by atoms with van der Waals surface area (Å²) in [6.07, 6.45) is -4.52. The van der Waals surface area contributed by atoms with E-state index in [1.165, 1.54) is 24.3 Å². The average molecular weight is 484 g/mol. The van der Waals surface area contributed by atoms with E-state index in [-0.39, 0.29) is 29.6 Å². The van der Waals surface area contributed by atoms with Gasteiger partial charge in [-0.1, -0.05) is 12.1 Å². The van der Waals surface area contributed by atoms with Gasteiger partial charge in [-0.25, -0.2) is 0 Å². The van der Waals surface area contributed by atoms with Gasteiger partial charge >= 0.3 is 6.18 Å². The monoisotopic (exact) mass is 484 g/mol. The highest BCUT2D eigenvalue weighted by atomic mass is 19.4. The number of hydrogen-bond acceptors (Lipinski definition) is 4. The van der Waals surface area contributed by atoms with Crippen molar-refractivity contribution >= 4 is 34.8 Å². The molecule has 0 saturated carbocycles. The van der Waals surface area contributed by atoms with Gasteiger partial charge in [-0.05, 0) is 67.6 Å². The summed E-state index contributed by atoms with van der Waals surface area (Å²) in [5, 5.41) is 10.7. The lowest BCUT2D eigenvalue weighted by molar-refractivity contribution is -0.137. The van der Waals surface area contributed by atoms with E-state index >= 15 is 0 Å². The zero-order valence-corrected chi connectivity index (χ0v) is 18.7. The van der Waals surface area contributed by atoms with Crippen LogP contribution in [0.2, 0.25) is 0 Å². The van der Waals surface area contributed by atoms with Crippen LogP contribution in [-0.4, -0.2) is 30.8 Å². The Morgan fingerprint density at radius 1 is 0.743 bits per heavy atom. The lowest BCUT2D eigenvalue weighted by Gasteiger charge is -2.11. The second-order valence-electron chi connectivity index (χ2n) is 7.45. The van der Waals surface area contributed by atoms with Crippen LogP contribution in [0.5, 0.6) is 0 Å². The SMILES string of the molecule is CCNC(=O)c1ccc(NCC(=O)Nc2cccc(C(=O)Nc3cccc(C(F)(F)F)c3)c2)cc1. The first kappa shape index (κ1) is 25.3. The summed E-state index contributed by atoms with van der Waals surface area (Å²) >= 11 is 0. The molecule has 0 aliphatic carbocycles. The molecule has 3 rings (SSSR count). The van der Waals surface area contributed by atoms with E-state index in [0.717, 1.165) is 12.1 Å². The van der Waals surface area contributed by atoms with Crippen LogP contribution in [0.1, 0.15) is 33.2 Å². The van der Waals surface area contributed by atoms with Gasteiger partial charge in [0.25, 0.3) is 11.8 Å². The minimum absolute atomic E-state index is 0.00153. The van der Waals surface area contributed by atoms with Crippen molar-refractivity contribution in [2.75, 3.05) is 29.0 Å². The van der Waals surface area contributed by atoms with Gasteiger partial charge in [0.2, 0.25) is 5.91 Å². The summed E-state index contributed by atoms with van der Waals surface area (Å²) in [6, 6.07) is 17.0. The molecule has 0 fully saturated rings. The molecule has 0 spiro atoms. The van der Waals surface area contributed by atoms with Crippen molar-refractivity contribution in [3.63, 3.8) is 0 Å². The van der Waals surface area contributed by atoms with Gasteiger partial charge in [0.05, 0.1) is 12.1 Å². The number of amides is 3. The summed E-state index contributed by atoms with van der Waals surface area (Å²) in [4.78, 5) is 36.6. The molecule has 4 N–H and O–H groups in total. The summed E-state index contributed by atoms with van der Waals surface area (Å²) in [6.45, 7) is 2.28. The van der Waals surface area contributed by atoms with Crippen molar-refractivity contribution in [2.24, 2.45) is 0 Å². The second kappa shape index (κ2) is 11.2. The lowest BCUT2D eigenvalue weighted by Crippen LogP contribution is -2.23. The van der Waals surface area contributed by atoms with Crippen molar-refractivity contribution in [2.45, 2.75) is 13.1 Å². The summed E-state index contributed by atoms with van der Waals surface area (Å²) in [5.74, 6) is -1.19. The van der Waals surface area contributed by atoms with Gasteiger partial charge in [-0.15, -0.1) is 0 Å². The van der Waals surface area contributed by atoms with Crippen LogP contribution >= 0.6 is 0 Å². The largest absolute Gasteiger partial charge is 0.416 e. The highest BCUT2D eigenvalue weighted by Crippen LogP contribution is 2.30. The van der Waals surface area contributed by atoms with Crippen LogP contribution in [0, 0.1) is 0 Å². The van der Waals surface area contributed by atoms with Gasteiger partial charge in [-0.2, -0.15) is 13.2 Å². The predicted octanol–water partition coefficient (Wildman–Crippen LogP) is 4.76. The molecule has 0 atom stereocenters. The molecule has 3 aromatic rings. The molecule has 0 radical (unpaired) electrons. The highest BCUT2D eigenvalue weighted by molar-refractivity contribution is 6.05. The van der Waals surface area contributed by atoms with Crippen molar-refractivity contribution in [3.8, 4) is 0 Å². The smallest absolute Gasteiger partial charge is 0.376 e.